The Hall–Kier alpha value is -2.48. The van der Waals surface area contributed by atoms with Gasteiger partial charge in [-0.1, -0.05) is 5.92 Å². The van der Waals surface area contributed by atoms with E-state index < -0.39 is 0 Å². The van der Waals surface area contributed by atoms with Gasteiger partial charge in [-0.2, -0.15) is 0 Å². The van der Waals surface area contributed by atoms with E-state index in [2.05, 4.69) is 5.92 Å². The molecule has 1 heterocycles. The SMILES string of the molecule is C#CCN1CC(=O)N(c2ccc(OC)cc2)C1=O. The van der Waals surface area contributed by atoms with Crippen molar-refractivity contribution in [3.05, 3.63) is 24.3 Å². The Morgan fingerprint density at radius 2 is 2.00 bits per heavy atom. The lowest BCUT2D eigenvalue weighted by Gasteiger charge is -2.15. The van der Waals surface area contributed by atoms with Crippen LogP contribution in [-0.4, -0.2) is 37.0 Å². The molecule has 5 nitrogen and oxygen atoms in total. The molecule has 5 heteroatoms. The molecule has 1 fully saturated rings. The Morgan fingerprint density at radius 3 is 2.56 bits per heavy atom. The zero-order valence-corrected chi connectivity index (χ0v) is 9.92. The fraction of sp³-hybridized carbons (Fsp3) is 0.231. The van der Waals surface area contributed by atoms with Gasteiger partial charge in [0.1, 0.15) is 12.3 Å². The molecule has 3 amide bonds. The van der Waals surface area contributed by atoms with Crippen LogP contribution in [0.1, 0.15) is 0 Å². The minimum Gasteiger partial charge on any atom is -0.497 e. The van der Waals surface area contributed by atoms with Crippen LogP contribution in [0.2, 0.25) is 0 Å². The molecule has 0 atom stereocenters. The van der Waals surface area contributed by atoms with Crippen molar-refractivity contribution in [1.29, 1.82) is 0 Å². The molecule has 1 aromatic carbocycles. The Kier molecular flexibility index (Phi) is 3.20. The lowest BCUT2D eigenvalue weighted by Crippen LogP contribution is -2.33. The molecular weight excluding hydrogens is 232 g/mol. The van der Waals surface area contributed by atoms with Crippen molar-refractivity contribution in [1.82, 2.24) is 4.90 Å². The third kappa shape index (κ3) is 2.00. The molecular formula is C13H12N2O3. The Bertz CT molecular complexity index is 516. The summed E-state index contributed by atoms with van der Waals surface area (Å²) < 4.78 is 5.02. The van der Waals surface area contributed by atoms with Gasteiger partial charge in [-0.05, 0) is 24.3 Å². The quantitative estimate of drug-likeness (QED) is 0.591. The minimum atomic E-state index is -0.386. The van der Waals surface area contributed by atoms with Crippen LogP contribution < -0.4 is 9.64 Å². The van der Waals surface area contributed by atoms with E-state index in [1.54, 1.807) is 31.4 Å². The van der Waals surface area contributed by atoms with E-state index in [1.807, 2.05) is 0 Å². The second-order valence-corrected chi connectivity index (χ2v) is 3.77. The van der Waals surface area contributed by atoms with Gasteiger partial charge in [-0.15, -0.1) is 6.42 Å². The number of terminal acetylenes is 1. The van der Waals surface area contributed by atoms with Crippen molar-refractivity contribution in [2.24, 2.45) is 0 Å². The van der Waals surface area contributed by atoms with E-state index >= 15 is 0 Å². The topological polar surface area (TPSA) is 49.9 Å². The van der Waals surface area contributed by atoms with Gasteiger partial charge in [0.25, 0.3) is 5.91 Å². The molecule has 0 spiro atoms. The van der Waals surface area contributed by atoms with Crippen LogP contribution in [0.5, 0.6) is 5.75 Å². The maximum atomic E-state index is 12.0. The second kappa shape index (κ2) is 4.80. The highest BCUT2D eigenvalue weighted by Gasteiger charge is 2.36. The number of rotatable bonds is 3. The van der Waals surface area contributed by atoms with Crippen LogP contribution in [0.3, 0.4) is 0 Å². The smallest absolute Gasteiger partial charge is 0.332 e. The number of urea groups is 1. The second-order valence-electron chi connectivity index (χ2n) is 3.77. The zero-order chi connectivity index (χ0) is 13.1. The molecule has 0 aliphatic carbocycles. The van der Waals surface area contributed by atoms with E-state index in [1.165, 1.54) is 4.90 Å². The number of ether oxygens (including phenoxy) is 1. The summed E-state index contributed by atoms with van der Waals surface area (Å²) in [5, 5.41) is 0. The van der Waals surface area contributed by atoms with Gasteiger partial charge in [-0.3, -0.25) is 4.79 Å². The number of hydrogen-bond acceptors (Lipinski definition) is 3. The first-order valence-electron chi connectivity index (χ1n) is 5.36. The summed E-state index contributed by atoms with van der Waals surface area (Å²) >= 11 is 0. The average Bonchev–Trinajstić information content (AvgIpc) is 2.65. The van der Waals surface area contributed by atoms with Crippen molar-refractivity contribution in [3.8, 4) is 18.1 Å². The highest BCUT2D eigenvalue weighted by molar-refractivity contribution is 6.19. The van der Waals surface area contributed by atoms with Gasteiger partial charge in [0.2, 0.25) is 0 Å². The third-order valence-corrected chi connectivity index (χ3v) is 2.65. The fourth-order valence-electron chi connectivity index (χ4n) is 1.77. The van der Waals surface area contributed by atoms with E-state index in [-0.39, 0.29) is 25.0 Å². The van der Waals surface area contributed by atoms with Gasteiger partial charge in [0.15, 0.2) is 0 Å². The number of carbonyl (C=O) groups excluding carboxylic acids is 2. The largest absolute Gasteiger partial charge is 0.497 e. The first kappa shape index (κ1) is 12.0. The van der Waals surface area contributed by atoms with Gasteiger partial charge in [-0.25, -0.2) is 9.69 Å². The number of nitrogens with zero attached hydrogens (tertiary/aromatic N) is 2. The predicted octanol–water partition coefficient (Wildman–Crippen LogP) is 1.10. The van der Waals surface area contributed by atoms with E-state index in [4.69, 9.17) is 11.2 Å². The molecule has 1 aliphatic rings. The third-order valence-electron chi connectivity index (χ3n) is 2.65. The molecule has 0 bridgehead atoms. The Morgan fingerprint density at radius 1 is 1.33 bits per heavy atom. The van der Waals surface area contributed by atoms with Crippen molar-refractivity contribution in [2.75, 3.05) is 25.1 Å². The number of hydrogen-bond donors (Lipinski definition) is 0. The first-order chi connectivity index (χ1) is 8.67. The van der Waals surface area contributed by atoms with Crippen molar-refractivity contribution in [2.45, 2.75) is 0 Å². The Labute approximate surface area is 105 Å². The molecule has 0 unspecified atom stereocenters. The van der Waals surface area contributed by atoms with E-state index in [9.17, 15) is 9.59 Å². The van der Waals surface area contributed by atoms with E-state index in [0.717, 1.165) is 4.90 Å². The molecule has 0 saturated carbocycles. The molecule has 1 saturated heterocycles. The average molecular weight is 244 g/mol. The number of amides is 3. The van der Waals surface area contributed by atoms with Crippen molar-refractivity contribution < 1.29 is 14.3 Å². The summed E-state index contributed by atoms with van der Waals surface area (Å²) in [6, 6.07) is 6.32. The maximum Gasteiger partial charge on any atom is 0.332 e. The van der Waals surface area contributed by atoms with Crippen LogP contribution in [-0.2, 0) is 4.79 Å². The number of anilines is 1. The van der Waals surface area contributed by atoms with Gasteiger partial charge in [0, 0.05) is 0 Å². The van der Waals surface area contributed by atoms with Crippen LogP contribution in [0, 0.1) is 12.3 Å². The van der Waals surface area contributed by atoms with Crippen LogP contribution >= 0.6 is 0 Å². The molecule has 92 valence electrons. The van der Waals surface area contributed by atoms with E-state index in [0.29, 0.717) is 11.4 Å². The van der Waals surface area contributed by atoms with Crippen LogP contribution in [0.4, 0.5) is 10.5 Å². The molecule has 1 aliphatic heterocycles. The zero-order valence-electron chi connectivity index (χ0n) is 9.92. The van der Waals surface area contributed by atoms with Gasteiger partial charge >= 0.3 is 6.03 Å². The lowest BCUT2D eigenvalue weighted by atomic mass is 10.3. The first-order valence-corrected chi connectivity index (χ1v) is 5.36. The van der Waals surface area contributed by atoms with Crippen molar-refractivity contribution >= 4 is 17.6 Å². The summed E-state index contributed by atoms with van der Waals surface area (Å²) in [6.45, 7) is 0.159. The highest BCUT2D eigenvalue weighted by Crippen LogP contribution is 2.23. The van der Waals surface area contributed by atoms with Crippen molar-refractivity contribution in [3.63, 3.8) is 0 Å². The highest BCUT2D eigenvalue weighted by atomic mass is 16.5. The van der Waals surface area contributed by atoms with Crippen LogP contribution in [0.15, 0.2) is 24.3 Å². The Balaban J connectivity index is 2.25. The lowest BCUT2D eigenvalue weighted by molar-refractivity contribution is -0.116. The molecule has 2 rings (SSSR count). The standard InChI is InChI=1S/C13H12N2O3/c1-3-8-14-9-12(16)15(13(14)17)10-4-6-11(18-2)7-5-10/h1,4-7H,8-9H2,2H3. The number of imide groups is 1. The van der Waals surface area contributed by atoms with Crippen LogP contribution in [0.25, 0.3) is 0 Å². The normalized spacial score (nSPS) is 14.9. The molecule has 18 heavy (non-hydrogen) atoms. The molecule has 0 aromatic heterocycles. The molecule has 0 N–H and O–H groups in total. The summed E-state index contributed by atoms with van der Waals surface area (Å²) in [5.41, 5.74) is 0.519. The number of methoxy groups -OCH3 is 1. The summed E-state index contributed by atoms with van der Waals surface area (Å²) in [4.78, 5) is 26.2. The molecule has 1 aromatic rings. The fourth-order valence-corrected chi connectivity index (χ4v) is 1.77. The summed E-state index contributed by atoms with van der Waals surface area (Å²) in [5.74, 6) is 2.74. The minimum absolute atomic E-state index is 0.0229. The monoisotopic (exact) mass is 244 g/mol. The number of carbonyl (C=O) groups is 2. The summed E-state index contributed by atoms with van der Waals surface area (Å²) in [6.07, 6.45) is 5.15. The van der Waals surface area contributed by atoms with Gasteiger partial charge < -0.3 is 9.64 Å². The van der Waals surface area contributed by atoms with Gasteiger partial charge in [0.05, 0.1) is 19.3 Å². The number of benzene rings is 1. The predicted molar refractivity (Wildman–Crippen MR) is 66.3 cm³/mol. The molecule has 0 radical (unpaired) electrons. The maximum absolute atomic E-state index is 12.0. The summed E-state index contributed by atoms with van der Waals surface area (Å²) in [7, 11) is 1.55.